The molecule has 0 unspecified atom stereocenters. The summed E-state index contributed by atoms with van der Waals surface area (Å²) in [5, 5.41) is 0. The highest BCUT2D eigenvalue weighted by atomic mass is 35.5. The van der Waals surface area contributed by atoms with Gasteiger partial charge in [0.2, 0.25) is 5.82 Å². The fourth-order valence-electron chi connectivity index (χ4n) is 0.536. The minimum atomic E-state index is -0.956. The molecule has 0 fully saturated rings. The number of hydrogen-bond donors (Lipinski definition) is 1. The van der Waals surface area contributed by atoms with Crippen molar-refractivity contribution in [3.63, 3.8) is 0 Å². The Labute approximate surface area is 67.1 Å². The van der Waals surface area contributed by atoms with Gasteiger partial charge in [0.15, 0.2) is 0 Å². The van der Waals surface area contributed by atoms with E-state index in [1.165, 1.54) is 7.05 Å². The van der Waals surface area contributed by atoms with Crippen molar-refractivity contribution in [2.45, 2.75) is 0 Å². The number of nitrogens with one attached hydrogen (secondary N) is 1. The molecule has 0 saturated carbocycles. The van der Waals surface area contributed by atoms with Crippen LogP contribution in [0.1, 0.15) is 0 Å². The minimum absolute atomic E-state index is 0. The molecule has 1 N–H and O–H groups in total. The largest absolute Gasteiger partial charge is 0.328 e. The van der Waals surface area contributed by atoms with Crippen LogP contribution in [0, 0.1) is 5.82 Å². The lowest BCUT2D eigenvalue weighted by molar-refractivity contribution is 0.570. The van der Waals surface area contributed by atoms with Crippen LogP contribution in [0.2, 0.25) is 0 Å². The van der Waals surface area contributed by atoms with Crippen molar-refractivity contribution in [1.29, 1.82) is 0 Å². The SMILES string of the molecule is Cl.Cn1c(=O)[nH]cc(F)c1=O. The Bertz CT molecular complexity index is 356. The zero-order chi connectivity index (χ0) is 7.72. The first-order valence-corrected chi connectivity index (χ1v) is 2.57. The molecule has 62 valence electrons. The third-order valence-electron chi connectivity index (χ3n) is 1.14. The molecule has 0 spiro atoms. The first kappa shape index (κ1) is 9.90. The molecule has 0 bridgehead atoms. The molecule has 0 aliphatic rings. The van der Waals surface area contributed by atoms with Gasteiger partial charge in [-0.2, -0.15) is 4.39 Å². The maximum atomic E-state index is 12.3. The Morgan fingerprint density at radius 2 is 2.09 bits per heavy atom. The van der Waals surface area contributed by atoms with Crippen LogP contribution < -0.4 is 11.2 Å². The minimum Gasteiger partial charge on any atom is -0.311 e. The van der Waals surface area contributed by atoms with Crippen LogP contribution in [0.3, 0.4) is 0 Å². The lowest BCUT2D eigenvalue weighted by atomic mass is 10.6. The monoisotopic (exact) mass is 180 g/mol. The quantitative estimate of drug-likeness (QED) is 0.593. The first-order chi connectivity index (χ1) is 4.63. The Morgan fingerprint density at radius 3 is 2.55 bits per heavy atom. The Balaban J connectivity index is 0.000001000. The molecule has 0 atom stereocenters. The van der Waals surface area contributed by atoms with E-state index >= 15 is 0 Å². The van der Waals surface area contributed by atoms with Gasteiger partial charge in [0.05, 0.1) is 0 Å². The van der Waals surface area contributed by atoms with Crippen molar-refractivity contribution in [3.05, 3.63) is 32.9 Å². The molecule has 0 radical (unpaired) electrons. The van der Waals surface area contributed by atoms with Gasteiger partial charge in [0, 0.05) is 13.2 Å². The predicted octanol–water partition coefficient (Wildman–Crippen LogP) is -0.365. The summed E-state index contributed by atoms with van der Waals surface area (Å²) in [7, 11) is 1.20. The number of H-pyrrole nitrogens is 1. The van der Waals surface area contributed by atoms with Crippen molar-refractivity contribution in [1.82, 2.24) is 9.55 Å². The van der Waals surface area contributed by atoms with Crippen molar-refractivity contribution >= 4 is 12.4 Å². The van der Waals surface area contributed by atoms with Gasteiger partial charge in [-0.05, 0) is 0 Å². The van der Waals surface area contributed by atoms with Crippen molar-refractivity contribution in [3.8, 4) is 0 Å². The predicted molar refractivity (Wildman–Crippen MR) is 39.5 cm³/mol. The standard InChI is InChI=1S/C5H5FN2O2.ClH/c1-8-4(9)3(6)2-7-5(8)10;/h2H,1H3,(H,7,10);1H. The molecule has 1 aromatic rings. The molecule has 0 aliphatic heterocycles. The van der Waals surface area contributed by atoms with E-state index < -0.39 is 17.1 Å². The van der Waals surface area contributed by atoms with E-state index in [4.69, 9.17) is 0 Å². The van der Waals surface area contributed by atoms with E-state index in [1.54, 1.807) is 0 Å². The summed E-state index contributed by atoms with van der Waals surface area (Å²) in [6.07, 6.45) is 0.741. The molecule has 11 heavy (non-hydrogen) atoms. The summed E-state index contributed by atoms with van der Waals surface area (Å²) >= 11 is 0. The fourth-order valence-corrected chi connectivity index (χ4v) is 0.536. The summed E-state index contributed by atoms with van der Waals surface area (Å²) in [5.74, 6) is -0.956. The van der Waals surface area contributed by atoms with Gasteiger partial charge in [0.25, 0.3) is 5.56 Å². The number of halogens is 2. The maximum absolute atomic E-state index is 12.3. The summed E-state index contributed by atoms with van der Waals surface area (Å²) < 4.78 is 12.9. The average Bonchev–Trinajstić information content (AvgIpc) is 1.93. The van der Waals surface area contributed by atoms with Crippen molar-refractivity contribution in [2.75, 3.05) is 0 Å². The van der Waals surface area contributed by atoms with Gasteiger partial charge in [-0.15, -0.1) is 12.4 Å². The molecule has 1 rings (SSSR count). The lowest BCUT2D eigenvalue weighted by Gasteiger charge is -1.91. The zero-order valence-electron chi connectivity index (χ0n) is 5.63. The summed E-state index contributed by atoms with van der Waals surface area (Å²) in [6, 6.07) is 0. The van der Waals surface area contributed by atoms with Crippen LogP contribution in [-0.2, 0) is 7.05 Å². The van der Waals surface area contributed by atoms with Gasteiger partial charge in [0.1, 0.15) is 0 Å². The number of hydrogen-bond acceptors (Lipinski definition) is 2. The molecule has 0 aromatic carbocycles. The van der Waals surface area contributed by atoms with E-state index in [0.717, 1.165) is 6.20 Å². The summed E-state index contributed by atoms with van der Waals surface area (Å²) in [5.41, 5.74) is -1.53. The number of aromatic amines is 1. The van der Waals surface area contributed by atoms with Gasteiger partial charge in [-0.25, -0.2) is 4.79 Å². The highest BCUT2D eigenvalue weighted by Gasteiger charge is 1.99. The van der Waals surface area contributed by atoms with Crippen LogP contribution in [0.25, 0.3) is 0 Å². The summed E-state index contributed by atoms with van der Waals surface area (Å²) in [4.78, 5) is 23.1. The highest BCUT2D eigenvalue weighted by molar-refractivity contribution is 5.85. The molecule has 0 saturated heterocycles. The van der Waals surface area contributed by atoms with Crippen molar-refractivity contribution in [2.24, 2.45) is 7.05 Å². The summed E-state index contributed by atoms with van der Waals surface area (Å²) in [6.45, 7) is 0. The molecule has 6 heteroatoms. The fraction of sp³-hybridized carbons (Fsp3) is 0.200. The lowest BCUT2D eigenvalue weighted by Crippen LogP contribution is -2.33. The van der Waals surface area contributed by atoms with Crippen molar-refractivity contribution < 1.29 is 4.39 Å². The Morgan fingerprint density at radius 1 is 1.55 bits per heavy atom. The van der Waals surface area contributed by atoms with E-state index in [2.05, 4.69) is 0 Å². The Kier molecular flexibility index (Phi) is 3.00. The highest BCUT2D eigenvalue weighted by Crippen LogP contribution is 1.76. The molecule has 0 amide bonds. The van der Waals surface area contributed by atoms with Crippen LogP contribution in [-0.4, -0.2) is 9.55 Å². The smallest absolute Gasteiger partial charge is 0.311 e. The first-order valence-electron chi connectivity index (χ1n) is 2.57. The average molecular weight is 181 g/mol. The maximum Gasteiger partial charge on any atom is 0.328 e. The zero-order valence-corrected chi connectivity index (χ0v) is 6.44. The molecule has 1 aromatic heterocycles. The van der Waals surface area contributed by atoms with Gasteiger partial charge < -0.3 is 4.98 Å². The van der Waals surface area contributed by atoms with Gasteiger partial charge in [-0.3, -0.25) is 9.36 Å². The number of rotatable bonds is 0. The van der Waals surface area contributed by atoms with Crippen LogP contribution in [0.5, 0.6) is 0 Å². The number of aromatic nitrogens is 2. The van der Waals surface area contributed by atoms with Crippen LogP contribution >= 0.6 is 12.4 Å². The molecular formula is C5H6ClFN2O2. The molecule has 0 aliphatic carbocycles. The molecule has 1 heterocycles. The molecular weight excluding hydrogens is 175 g/mol. The second kappa shape index (κ2) is 3.34. The van der Waals surface area contributed by atoms with Crippen LogP contribution in [0.15, 0.2) is 15.8 Å². The van der Waals surface area contributed by atoms with E-state index in [0.29, 0.717) is 4.57 Å². The second-order valence-electron chi connectivity index (χ2n) is 1.81. The van der Waals surface area contributed by atoms with E-state index in [1.807, 2.05) is 4.98 Å². The Hall–Kier alpha value is -1.10. The topological polar surface area (TPSA) is 54.9 Å². The normalized spacial score (nSPS) is 8.91. The third-order valence-corrected chi connectivity index (χ3v) is 1.14. The van der Waals surface area contributed by atoms with E-state index in [-0.39, 0.29) is 12.4 Å². The van der Waals surface area contributed by atoms with E-state index in [9.17, 15) is 14.0 Å². The second-order valence-corrected chi connectivity index (χ2v) is 1.81. The van der Waals surface area contributed by atoms with Gasteiger partial charge >= 0.3 is 5.69 Å². The molecule has 4 nitrogen and oxygen atoms in total. The third kappa shape index (κ3) is 1.68. The number of nitrogens with zero attached hydrogens (tertiary/aromatic N) is 1. The van der Waals surface area contributed by atoms with Gasteiger partial charge in [-0.1, -0.05) is 0 Å². The van der Waals surface area contributed by atoms with Crippen LogP contribution in [0.4, 0.5) is 4.39 Å².